The first kappa shape index (κ1) is 9.91. The van der Waals surface area contributed by atoms with Crippen LogP contribution < -0.4 is 0 Å². The van der Waals surface area contributed by atoms with Gasteiger partial charge in [-0.15, -0.1) is 0 Å². The average molecular weight is 196 g/mol. The summed E-state index contributed by atoms with van der Waals surface area (Å²) < 4.78 is 34.7. The Morgan fingerprint density at radius 3 is 2.42 bits per heavy atom. The lowest BCUT2D eigenvalue weighted by Crippen LogP contribution is -2.53. The molecular formula is C6H12O5S. The molecule has 1 saturated carbocycles. The Hall–Kier alpha value is -0.170. The van der Waals surface area contributed by atoms with Gasteiger partial charge in [0.2, 0.25) is 0 Å². The number of rotatable bonds is 3. The van der Waals surface area contributed by atoms with Crippen LogP contribution in [0.2, 0.25) is 0 Å². The fraction of sp³-hybridized carbons (Fsp3) is 1.00. The molecule has 5 nitrogen and oxygen atoms in total. The van der Waals surface area contributed by atoms with E-state index in [-0.39, 0.29) is 18.9 Å². The molecule has 0 aromatic heterocycles. The topological polar surface area (TPSA) is 83.8 Å². The van der Waals surface area contributed by atoms with Crippen LogP contribution >= 0.6 is 0 Å². The van der Waals surface area contributed by atoms with Crippen molar-refractivity contribution < 1.29 is 22.8 Å². The summed E-state index contributed by atoms with van der Waals surface area (Å²) in [7, 11) is -4.34. The number of aliphatic hydroxyl groups is 1. The predicted molar refractivity (Wildman–Crippen MR) is 41.1 cm³/mol. The fourth-order valence-electron chi connectivity index (χ4n) is 1.22. The number of hydrogen-bond donors (Lipinski definition) is 2. The van der Waals surface area contributed by atoms with Crippen LogP contribution in [0.15, 0.2) is 0 Å². The van der Waals surface area contributed by atoms with Gasteiger partial charge in [-0.3, -0.25) is 4.55 Å². The lowest BCUT2D eigenvalue weighted by atomic mass is 9.91. The maximum absolute atomic E-state index is 10.5. The molecule has 0 bridgehead atoms. The van der Waals surface area contributed by atoms with Gasteiger partial charge in [-0.1, -0.05) is 0 Å². The molecule has 1 aliphatic carbocycles. The maximum Gasteiger partial charge on any atom is 0.295 e. The molecule has 1 aliphatic rings. The Morgan fingerprint density at radius 2 is 2.08 bits per heavy atom. The minimum absolute atomic E-state index is 0.0420. The van der Waals surface area contributed by atoms with Gasteiger partial charge in [0.25, 0.3) is 10.1 Å². The van der Waals surface area contributed by atoms with Crippen molar-refractivity contribution in [1.82, 2.24) is 0 Å². The molecule has 1 fully saturated rings. The SMILES string of the molecule is CCOC1CC(O)(S(=O)(=O)O)C1. The second kappa shape index (κ2) is 2.95. The molecule has 0 aromatic carbocycles. The normalized spacial score (nSPS) is 36.1. The van der Waals surface area contributed by atoms with E-state index in [1.54, 1.807) is 6.92 Å². The summed E-state index contributed by atoms with van der Waals surface area (Å²) >= 11 is 0. The molecule has 2 N–H and O–H groups in total. The highest BCUT2D eigenvalue weighted by molar-refractivity contribution is 7.87. The summed E-state index contributed by atoms with van der Waals surface area (Å²) in [6.45, 7) is 2.26. The number of ether oxygens (including phenoxy) is 1. The maximum atomic E-state index is 10.5. The average Bonchev–Trinajstić information content (AvgIpc) is 1.82. The first-order chi connectivity index (χ1) is 5.39. The molecule has 0 atom stereocenters. The van der Waals surface area contributed by atoms with Gasteiger partial charge in [-0.05, 0) is 6.92 Å². The molecular weight excluding hydrogens is 184 g/mol. The van der Waals surface area contributed by atoms with E-state index in [0.29, 0.717) is 6.61 Å². The first-order valence-electron chi connectivity index (χ1n) is 3.70. The summed E-state index contributed by atoms with van der Waals surface area (Å²) in [5, 5.41) is 9.23. The van der Waals surface area contributed by atoms with Gasteiger partial charge >= 0.3 is 0 Å². The van der Waals surface area contributed by atoms with Gasteiger partial charge in [0, 0.05) is 19.4 Å². The van der Waals surface area contributed by atoms with Crippen LogP contribution in [0.5, 0.6) is 0 Å². The monoisotopic (exact) mass is 196 g/mol. The standard InChI is InChI=1S/C6H12O5S/c1-2-11-5-3-6(7,4-5)12(8,9)10/h5,7H,2-4H2,1H3,(H,8,9,10). The van der Waals surface area contributed by atoms with Gasteiger partial charge in [0.1, 0.15) is 0 Å². The predicted octanol–water partition coefficient (Wildman–Crippen LogP) is -0.238. The lowest BCUT2D eigenvalue weighted by molar-refractivity contribution is -0.0936. The molecule has 0 aliphatic heterocycles. The summed E-state index contributed by atoms with van der Waals surface area (Å²) in [5.74, 6) is 0. The number of hydrogen-bond acceptors (Lipinski definition) is 4. The third-order valence-corrected chi connectivity index (χ3v) is 3.27. The van der Waals surface area contributed by atoms with Crippen LogP contribution in [0.25, 0.3) is 0 Å². The van der Waals surface area contributed by atoms with Crippen molar-refractivity contribution in [1.29, 1.82) is 0 Å². The van der Waals surface area contributed by atoms with Gasteiger partial charge < -0.3 is 9.84 Å². The van der Waals surface area contributed by atoms with E-state index in [2.05, 4.69) is 0 Å². The molecule has 0 spiro atoms. The van der Waals surface area contributed by atoms with Crippen molar-refractivity contribution in [3.8, 4) is 0 Å². The van der Waals surface area contributed by atoms with Crippen LogP contribution in [0.4, 0.5) is 0 Å². The van der Waals surface area contributed by atoms with Gasteiger partial charge in [0.15, 0.2) is 4.93 Å². The second-order valence-electron chi connectivity index (χ2n) is 2.91. The fourth-order valence-corrected chi connectivity index (χ4v) is 2.01. The van der Waals surface area contributed by atoms with Gasteiger partial charge in [-0.25, -0.2) is 0 Å². The second-order valence-corrected chi connectivity index (χ2v) is 4.62. The van der Waals surface area contributed by atoms with Gasteiger partial charge in [-0.2, -0.15) is 8.42 Å². The third-order valence-electron chi connectivity index (χ3n) is 1.98. The van der Waals surface area contributed by atoms with Crippen molar-refractivity contribution in [2.75, 3.05) is 6.61 Å². The highest BCUT2D eigenvalue weighted by Crippen LogP contribution is 2.38. The van der Waals surface area contributed by atoms with Crippen molar-refractivity contribution in [3.63, 3.8) is 0 Å². The molecule has 0 saturated heterocycles. The Kier molecular flexibility index (Phi) is 2.44. The van der Waals surface area contributed by atoms with E-state index >= 15 is 0 Å². The van der Waals surface area contributed by atoms with Crippen LogP contribution in [-0.2, 0) is 14.9 Å². The quantitative estimate of drug-likeness (QED) is 0.609. The van der Waals surface area contributed by atoms with E-state index in [1.165, 1.54) is 0 Å². The smallest absolute Gasteiger partial charge is 0.295 e. The molecule has 0 radical (unpaired) electrons. The zero-order valence-corrected chi connectivity index (χ0v) is 7.54. The molecule has 12 heavy (non-hydrogen) atoms. The summed E-state index contributed by atoms with van der Waals surface area (Å²) in [6, 6.07) is 0. The Bertz CT molecular complexity index is 251. The molecule has 72 valence electrons. The highest BCUT2D eigenvalue weighted by Gasteiger charge is 2.53. The third kappa shape index (κ3) is 1.61. The van der Waals surface area contributed by atoms with Crippen molar-refractivity contribution in [2.24, 2.45) is 0 Å². The molecule has 0 unspecified atom stereocenters. The molecule has 0 amide bonds. The zero-order valence-electron chi connectivity index (χ0n) is 6.73. The largest absolute Gasteiger partial charge is 0.378 e. The van der Waals surface area contributed by atoms with E-state index in [1.807, 2.05) is 0 Å². The minimum atomic E-state index is -4.34. The van der Waals surface area contributed by atoms with Crippen LogP contribution in [0.3, 0.4) is 0 Å². The van der Waals surface area contributed by atoms with Crippen molar-refractivity contribution >= 4 is 10.1 Å². The summed E-state index contributed by atoms with van der Waals surface area (Å²) in [6.07, 6.45) is -0.332. The van der Waals surface area contributed by atoms with Crippen LogP contribution in [0.1, 0.15) is 19.8 Å². The van der Waals surface area contributed by atoms with Crippen molar-refractivity contribution in [2.45, 2.75) is 30.8 Å². The van der Waals surface area contributed by atoms with Crippen molar-refractivity contribution in [3.05, 3.63) is 0 Å². The van der Waals surface area contributed by atoms with Crippen LogP contribution in [-0.4, -0.2) is 35.7 Å². The summed E-state index contributed by atoms with van der Waals surface area (Å²) in [5.41, 5.74) is 0. The first-order valence-corrected chi connectivity index (χ1v) is 5.14. The Balaban J connectivity index is 2.51. The molecule has 6 heteroatoms. The minimum Gasteiger partial charge on any atom is -0.378 e. The Labute approximate surface area is 71.1 Å². The van der Waals surface area contributed by atoms with E-state index in [9.17, 15) is 13.5 Å². The molecule has 0 aromatic rings. The Morgan fingerprint density at radius 1 is 1.58 bits per heavy atom. The zero-order chi connectivity index (χ0) is 9.41. The van der Waals surface area contributed by atoms with E-state index in [0.717, 1.165) is 0 Å². The van der Waals surface area contributed by atoms with Gasteiger partial charge in [0.05, 0.1) is 6.10 Å². The molecule has 1 rings (SSSR count). The van der Waals surface area contributed by atoms with Crippen LogP contribution in [0, 0.1) is 0 Å². The summed E-state index contributed by atoms with van der Waals surface area (Å²) in [4.78, 5) is -1.97. The van der Waals surface area contributed by atoms with E-state index in [4.69, 9.17) is 9.29 Å². The van der Waals surface area contributed by atoms with E-state index < -0.39 is 15.1 Å². The lowest BCUT2D eigenvalue weighted by Gasteiger charge is -2.39. The molecule has 0 heterocycles. The highest BCUT2D eigenvalue weighted by atomic mass is 32.2.